The number of methoxy groups -OCH3 is 1. The summed E-state index contributed by atoms with van der Waals surface area (Å²) in [6.45, 7) is 1.92. The summed E-state index contributed by atoms with van der Waals surface area (Å²) in [5.74, 6) is 1.26. The Bertz CT molecular complexity index is 540. The number of ether oxygens (including phenoxy) is 1. The van der Waals surface area contributed by atoms with Crippen molar-refractivity contribution >= 4 is 17.3 Å². The fraction of sp³-hybridized carbons (Fsp3) is 0.167. The van der Waals surface area contributed by atoms with E-state index in [2.05, 4.69) is 9.97 Å². The van der Waals surface area contributed by atoms with Gasteiger partial charge in [-0.25, -0.2) is 9.97 Å². The van der Waals surface area contributed by atoms with Gasteiger partial charge in [0.25, 0.3) is 0 Å². The van der Waals surface area contributed by atoms with Crippen molar-refractivity contribution in [3.05, 3.63) is 35.1 Å². The maximum Gasteiger partial charge on any atom is 0.163 e. The van der Waals surface area contributed by atoms with Gasteiger partial charge in [0.2, 0.25) is 0 Å². The Labute approximate surface area is 104 Å². The zero-order valence-electron chi connectivity index (χ0n) is 9.57. The molecular formula is C12H12ClN3O. The zero-order chi connectivity index (χ0) is 12.4. The summed E-state index contributed by atoms with van der Waals surface area (Å²) in [5, 5.41) is 0.624. The van der Waals surface area contributed by atoms with E-state index >= 15 is 0 Å². The first kappa shape index (κ1) is 11.7. The van der Waals surface area contributed by atoms with Gasteiger partial charge in [-0.1, -0.05) is 11.6 Å². The second-order valence-corrected chi connectivity index (χ2v) is 4.08. The van der Waals surface area contributed by atoms with Crippen molar-refractivity contribution in [2.24, 2.45) is 0 Å². The minimum atomic E-state index is 0.520. The summed E-state index contributed by atoms with van der Waals surface area (Å²) < 4.78 is 5.35. The third kappa shape index (κ3) is 2.31. The second kappa shape index (κ2) is 4.59. The van der Waals surface area contributed by atoms with E-state index in [9.17, 15) is 0 Å². The number of aromatic nitrogens is 2. The maximum absolute atomic E-state index is 6.02. The highest BCUT2D eigenvalue weighted by molar-refractivity contribution is 6.31. The van der Waals surface area contributed by atoms with Crippen LogP contribution in [0.4, 0.5) is 5.69 Å². The number of hydrogen-bond donors (Lipinski definition) is 1. The van der Waals surface area contributed by atoms with Gasteiger partial charge < -0.3 is 10.5 Å². The SMILES string of the molecule is COc1c(C)cc(Cl)cc1-c1ncc(N)cn1. The van der Waals surface area contributed by atoms with Crippen LogP contribution in [0.5, 0.6) is 5.75 Å². The number of rotatable bonds is 2. The van der Waals surface area contributed by atoms with Gasteiger partial charge in [0.05, 0.1) is 30.8 Å². The van der Waals surface area contributed by atoms with Gasteiger partial charge in [-0.3, -0.25) is 0 Å². The number of halogens is 1. The third-order valence-corrected chi connectivity index (χ3v) is 2.57. The Morgan fingerprint density at radius 1 is 1.24 bits per heavy atom. The van der Waals surface area contributed by atoms with Crippen LogP contribution in [0.1, 0.15) is 5.56 Å². The van der Waals surface area contributed by atoms with E-state index in [-0.39, 0.29) is 0 Å². The van der Waals surface area contributed by atoms with E-state index < -0.39 is 0 Å². The molecule has 2 N–H and O–H groups in total. The lowest BCUT2D eigenvalue weighted by atomic mass is 10.1. The van der Waals surface area contributed by atoms with Crippen LogP contribution in [-0.4, -0.2) is 17.1 Å². The van der Waals surface area contributed by atoms with Crippen LogP contribution in [0.3, 0.4) is 0 Å². The molecule has 0 bridgehead atoms. The lowest BCUT2D eigenvalue weighted by Crippen LogP contribution is -1.96. The molecule has 1 aromatic carbocycles. The Hall–Kier alpha value is -1.81. The molecule has 5 heteroatoms. The quantitative estimate of drug-likeness (QED) is 0.889. The predicted octanol–water partition coefficient (Wildman–Crippen LogP) is 2.70. The molecule has 0 aliphatic rings. The smallest absolute Gasteiger partial charge is 0.163 e. The molecular weight excluding hydrogens is 238 g/mol. The van der Waals surface area contributed by atoms with E-state index in [1.165, 1.54) is 0 Å². The average Bonchev–Trinajstić information content (AvgIpc) is 2.29. The molecule has 0 saturated heterocycles. The van der Waals surface area contributed by atoms with E-state index in [0.717, 1.165) is 16.9 Å². The Morgan fingerprint density at radius 2 is 1.88 bits per heavy atom. The van der Waals surface area contributed by atoms with Crippen LogP contribution < -0.4 is 10.5 Å². The van der Waals surface area contributed by atoms with Crippen LogP contribution in [0.15, 0.2) is 24.5 Å². The molecule has 0 aliphatic carbocycles. The predicted molar refractivity (Wildman–Crippen MR) is 68.2 cm³/mol. The molecule has 0 amide bonds. The molecule has 88 valence electrons. The number of nitrogen functional groups attached to an aromatic ring is 1. The molecule has 2 aromatic rings. The second-order valence-electron chi connectivity index (χ2n) is 3.64. The topological polar surface area (TPSA) is 61.0 Å². The van der Waals surface area contributed by atoms with Crippen molar-refractivity contribution in [2.45, 2.75) is 6.92 Å². The van der Waals surface area contributed by atoms with Crippen molar-refractivity contribution in [3.8, 4) is 17.1 Å². The van der Waals surface area contributed by atoms with Crippen molar-refractivity contribution in [2.75, 3.05) is 12.8 Å². The van der Waals surface area contributed by atoms with Crippen LogP contribution in [0, 0.1) is 6.92 Å². The molecule has 0 aliphatic heterocycles. The number of benzene rings is 1. The van der Waals surface area contributed by atoms with Crippen LogP contribution in [0.2, 0.25) is 5.02 Å². The Morgan fingerprint density at radius 3 is 2.47 bits per heavy atom. The maximum atomic E-state index is 6.02. The minimum absolute atomic E-state index is 0.520. The molecule has 2 rings (SSSR count). The molecule has 0 radical (unpaired) electrons. The third-order valence-electron chi connectivity index (χ3n) is 2.36. The Balaban J connectivity index is 2.61. The highest BCUT2D eigenvalue weighted by atomic mass is 35.5. The molecule has 0 atom stereocenters. The van der Waals surface area contributed by atoms with Gasteiger partial charge in [0.15, 0.2) is 5.82 Å². The first-order chi connectivity index (χ1) is 8.11. The summed E-state index contributed by atoms with van der Waals surface area (Å²) in [6, 6.07) is 3.61. The van der Waals surface area contributed by atoms with Crippen LogP contribution in [-0.2, 0) is 0 Å². The van der Waals surface area contributed by atoms with Gasteiger partial charge >= 0.3 is 0 Å². The van der Waals surface area contributed by atoms with Crippen molar-refractivity contribution in [1.82, 2.24) is 9.97 Å². The number of nitrogens with two attached hydrogens (primary N) is 1. The first-order valence-electron chi connectivity index (χ1n) is 5.04. The van der Waals surface area contributed by atoms with Gasteiger partial charge in [-0.2, -0.15) is 0 Å². The minimum Gasteiger partial charge on any atom is -0.496 e. The fourth-order valence-electron chi connectivity index (χ4n) is 1.64. The zero-order valence-corrected chi connectivity index (χ0v) is 10.3. The molecule has 1 heterocycles. The molecule has 0 saturated carbocycles. The molecule has 17 heavy (non-hydrogen) atoms. The van der Waals surface area contributed by atoms with Crippen molar-refractivity contribution in [3.63, 3.8) is 0 Å². The number of hydrogen-bond acceptors (Lipinski definition) is 4. The monoisotopic (exact) mass is 249 g/mol. The lowest BCUT2D eigenvalue weighted by Gasteiger charge is -2.11. The standard InChI is InChI=1S/C12H12ClN3O/c1-7-3-8(13)4-10(11(7)17-2)12-15-5-9(14)6-16-12/h3-6H,14H2,1-2H3. The van der Waals surface area contributed by atoms with Gasteiger partial charge in [-0.15, -0.1) is 0 Å². The molecule has 4 nitrogen and oxygen atoms in total. The summed E-state index contributed by atoms with van der Waals surface area (Å²) in [5.41, 5.74) is 7.77. The van der Waals surface area contributed by atoms with Gasteiger partial charge in [-0.05, 0) is 24.6 Å². The normalized spacial score (nSPS) is 10.3. The van der Waals surface area contributed by atoms with E-state index in [1.54, 1.807) is 25.6 Å². The van der Waals surface area contributed by atoms with E-state index in [0.29, 0.717) is 16.5 Å². The molecule has 0 fully saturated rings. The molecule has 1 aromatic heterocycles. The van der Waals surface area contributed by atoms with Gasteiger partial charge in [0, 0.05) is 5.02 Å². The van der Waals surface area contributed by atoms with Crippen LogP contribution in [0.25, 0.3) is 11.4 Å². The highest BCUT2D eigenvalue weighted by Crippen LogP contribution is 2.33. The fourth-order valence-corrected chi connectivity index (χ4v) is 1.92. The van der Waals surface area contributed by atoms with E-state index in [1.807, 2.05) is 13.0 Å². The first-order valence-corrected chi connectivity index (χ1v) is 5.41. The summed E-state index contributed by atoms with van der Waals surface area (Å²) >= 11 is 6.02. The Kier molecular flexibility index (Phi) is 3.15. The van der Waals surface area contributed by atoms with Gasteiger partial charge in [0.1, 0.15) is 5.75 Å². The van der Waals surface area contributed by atoms with Crippen molar-refractivity contribution in [1.29, 1.82) is 0 Å². The summed E-state index contributed by atoms with van der Waals surface area (Å²) in [6.07, 6.45) is 3.11. The van der Waals surface area contributed by atoms with Crippen molar-refractivity contribution < 1.29 is 4.74 Å². The largest absolute Gasteiger partial charge is 0.496 e. The highest BCUT2D eigenvalue weighted by Gasteiger charge is 2.12. The molecule has 0 unspecified atom stereocenters. The molecule has 0 spiro atoms. The summed E-state index contributed by atoms with van der Waals surface area (Å²) in [7, 11) is 1.61. The van der Waals surface area contributed by atoms with E-state index in [4.69, 9.17) is 22.1 Å². The average molecular weight is 250 g/mol. The summed E-state index contributed by atoms with van der Waals surface area (Å²) in [4.78, 5) is 8.33. The number of anilines is 1. The lowest BCUT2D eigenvalue weighted by molar-refractivity contribution is 0.413. The number of nitrogens with zero attached hydrogens (tertiary/aromatic N) is 2. The number of aryl methyl sites for hydroxylation is 1. The van der Waals surface area contributed by atoms with Crippen LogP contribution >= 0.6 is 11.6 Å².